The average Bonchev–Trinajstić information content (AvgIpc) is 2.58. The van der Waals surface area contributed by atoms with Gasteiger partial charge in [-0.1, -0.05) is 30.3 Å². The Morgan fingerprint density at radius 2 is 2.00 bits per heavy atom. The molecule has 0 saturated heterocycles. The van der Waals surface area contributed by atoms with E-state index in [2.05, 4.69) is 0 Å². The Kier molecular flexibility index (Phi) is 4.28. The van der Waals surface area contributed by atoms with Crippen LogP contribution in [0.3, 0.4) is 0 Å². The zero-order valence-electron chi connectivity index (χ0n) is 12.6. The summed E-state index contributed by atoms with van der Waals surface area (Å²) in [6, 6.07) is 10.8. The number of aryl methyl sites for hydroxylation is 2. The molecule has 23 heavy (non-hydrogen) atoms. The van der Waals surface area contributed by atoms with Gasteiger partial charge in [-0.3, -0.25) is 0 Å². The Bertz CT molecular complexity index is 729. The van der Waals surface area contributed by atoms with Crippen LogP contribution in [0.25, 0.3) is 0 Å². The first-order valence-corrected chi connectivity index (χ1v) is 7.41. The highest BCUT2D eigenvalue weighted by Crippen LogP contribution is 2.33. The summed E-state index contributed by atoms with van der Waals surface area (Å²) in [6.45, 7) is 1.62. The Morgan fingerprint density at radius 1 is 1.26 bits per heavy atom. The summed E-state index contributed by atoms with van der Waals surface area (Å²) in [7, 11) is 0. The third-order valence-electron chi connectivity index (χ3n) is 3.84. The second-order valence-electron chi connectivity index (χ2n) is 5.55. The van der Waals surface area contributed by atoms with Crippen LogP contribution in [0.15, 0.2) is 36.4 Å². The topological polar surface area (TPSA) is 35.5 Å². The number of fused-ring (bicyclic) bond motifs is 1. The van der Waals surface area contributed by atoms with Crippen LogP contribution in [-0.4, -0.2) is 12.1 Å². The largest absolute Gasteiger partial charge is 0.475 e. The van der Waals surface area contributed by atoms with Gasteiger partial charge in [0.25, 0.3) is 0 Å². The summed E-state index contributed by atoms with van der Waals surface area (Å²) in [6.07, 6.45) is -0.0910. The minimum absolute atomic E-state index is 0.122. The van der Waals surface area contributed by atoms with E-state index in [9.17, 15) is 13.6 Å². The van der Waals surface area contributed by atoms with Gasteiger partial charge in [0.1, 0.15) is 6.61 Å². The minimum atomic E-state index is -1.04. The van der Waals surface area contributed by atoms with Crippen LogP contribution < -0.4 is 4.74 Å². The lowest BCUT2D eigenvalue weighted by Crippen LogP contribution is -2.33. The molecular weight excluding hydrogens is 302 g/mol. The van der Waals surface area contributed by atoms with Crippen LogP contribution in [-0.2, 0) is 22.6 Å². The molecule has 1 atom stereocenters. The van der Waals surface area contributed by atoms with Crippen LogP contribution >= 0.6 is 0 Å². The van der Waals surface area contributed by atoms with Gasteiger partial charge in [0, 0.05) is 0 Å². The lowest BCUT2D eigenvalue weighted by atomic mass is 9.99. The normalized spacial score (nSPS) is 16.4. The van der Waals surface area contributed by atoms with E-state index in [-0.39, 0.29) is 17.9 Å². The van der Waals surface area contributed by atoms with Gasteiger partial charge in [0.15, 0.2) is 17.7 Å². The number of ether oxygens (including phenoxy) is 2. The first-order valence-electron chi connectivity index (χ1n) is 7.41. The highest BCUT2D eigenvalue weighted by Gasteiger charge is 2.31. The Labute approximate surface area is 132 Å². The molecule has 0 N–H and O–H groups in total. The molecule has 0 radical (unpaired) electrons. The lowest BCUT2D eigenvalue weighted by molar-refractivity contribution is -0.154. The number of benzene rings is 2. The molecule has 1 unspecified atom stereocenters. The predicted molar refractivity (Wildman–Crippen MR) is 80.1 cm³/mol. The number of carbonyl (C=O) groups excluding carboxylic acids is 1. The zero-order chi connectivity index (χ0) is 16.4. The van der Waals surface area contributed by atoms with Gasteiger partial charge < -0.3 is 9.47 Å². The fourth-order valence-electron chi connectivity index (χ4n) is 2.59. The molecule has 3 nitrogen and oxygen atoms in total. The second-order valence-corrected chi connectivity index (χ2v) is 5.55. The van der Waals surface area contributed by atoms with E-state index in [1.807, 2.05) is 30.3 Å². The number of esters is 1. The maximum absolute atomic E-state index is 14.0. The van der Waals surface area contributed by atoms with E-state index in [1.165, 1.54) is 6.92 Å². The van der Waals surface area contributed by atoms with Crippen molar-refractivity contribution in [1.29, 1.82) is 0 Å². The van der Waals surface area contributed by atoms with E-state index in [1.54, 1.807) is 6.07 Å². The van der Waals surface area contributed by atoms with Crippen LogP contribution in [0.4, 0.5) is 8.78 Å². The van der Waals surface area contributed by atoms with Gasteiger partial charge in [-0.2, -0.15) is 4.39 Å². The van der Waals surface area contributed by atoms with Crippen molar-refractivity contribution in [2.75, 3.05) is 0 Å². The average molecular weight is 318 g/mol. The smallest absolute Gasteiger partial charge is 0.347 e. The monoisotopic (exact) mass is 318 g/mol. The SMILES string of the molecule is Cc1cc2c(c(F)c1F)OC(C(=O)OCc1ccccc1)CC2. The molecule has 2 aromatic carbocycles. The Hall–Kier alpha value is -2.43. The second kappa shape index (κ2) is 6.36. The molecular formula is C18H16F2O3. The maximum atomic E-state index is 14.0. The molecule has 0 fully saturated rings. The van der Waals surface area contributed by atoms with Crippen molar-refractivity contribution < 1.29 is 23.0 Å². The van der Waals surface area contributed by atoms with Crippen molar-refractivity contribution in [1.82, 2.24) is 0 Å². The quantitative estimate of drug-likeness (QED) is 0.809. The third kappa shape index (κ3) is 3.18. The van der Waals surface area contributed by atoms with Gasteiger partial charge in [0.05, 0.1) is 0 Å². The molecule has 120 valence electrons. The third-order valence-corrected chi connectivity index (χ3v) is 3.84. The Balaban J connectivity index is 1.69. The molecule has 1 aliphatic heterocycles. The number of hydrogen-bond donors (Lipinski definition) is 0. The van der Waals surface area contributed by atoms with E-state index in [4.69, 9.17) is 9.47 Å². The summed E-state index contributed by atoms with van der Waals surface area (Å²) in [5.74, 6) is -2.73. The molecule has 2 aromatic rings. The molecule has 0 amide bonds. The summed E-state index contributed by atoms with van der Waals surface area (Å²) in [5, 5.41) is 0. The molecule has 1 aliphatic rings. The van der Waals surface area contributed by atoms with Gasteiger partial charge in [-0.25, -0.2) is 9.18 Å². The fraction of sp³-hybridized carbons (Fsp3) is 0.278. The molecule has 5 heteroatoms. The van der Waals surface area contributed by atoms with Crippen LogP contribution in [0.2, 0.25) is 0 Å². The molecule has 0 aromatic heterocycles. The number of carbonyl (C=O) groups is 1. The summed E-state index contributed by atoms with van der Waals surface area (Å²) in [5.41, 5.74) is 1.66. The van der Waals surface area contributed by atoms with Crippen LogP contribution in [0.5, 0.6) is 5.75 Å². The summed E-state index contributed by atoms with van der Waals surface area (Å²) in [4.78, 5) is 12.1. The van der Waals surface area contributed by atoms with Gasteiger partial charge in [-0.15, -0.1) is 0 Å². The molecule has 0 bridgehead atoms. The summed E-state index contributed by atoms with van der Waals surface area (Å²) >= 11 is 0. The van der Waals surface area contributed by atoms with Crippen molar-refractivity contribution in [3.05, 3.63) is 64.7 Å². The first-order chi connectivity index (χ1) is 11.1. The van der Waals surface area contributed by atoms with Crippen molar-refractivity contribution in [2.24, 2.45) is 0 Å². The van der Waals surface area contributed by atoms with Crippen LogP contribution in [0, 0.1) is 18.6 Å². The zero-order valence-corrected chi connectivity index (χ0v) is 12.6. The van der Waals surface area contributed by atoms with Crippen molar-refractivity contribution in [3.8, 4) is 5.75 Å². The van der Waals surface area contributed by atoms with E-state index in [0.717, 1.165) is 5.56 Å². The maximum Gasteiger partial charge on any atom is 0.347 e. The highest BCUT2D eigenvalue weighted by atomic mass is 19.2. The van der Waals surface area contributed by atoms with Crippen molar-refractivity contribution >= 4 is 5.97 Å². The number of rotatable bonds is 3. The van der Waals surface area contributed by atoms with Crippen molar-refractivity contribution in [2.45, 2.75) is 32.5 Å². The first kappa shape index (κ1) is 15.5. The minimum Gasteiger partial charge on any atom is -0.475 e. The fourth-order valence-corrected chi connectivity index (χ4v) is 2.59. The Morgan fingerprint density at radius 3 is 2.74 bits per heavy atom. The number of hydrogen-bond acceptors (Lipinski definition) is 3. The van der Waals surface area contributed by atoms with Crippen molar-refractivity contribution in [3.63, 3.8) is 0 Å². The number of halogens is 2. The van der Waals surface area contributed by atoms with Gasteiger partial charge in [-0.05, 0) is 42.5 Å². The van der Waals surface area contributed by atoms with E-state index in [0.29, 0.717) is 18.4 Å². The predicted octanol–water partition coefficient (Wildman–Crippen LogP) is 3.71. The molecule has 1 heterocycles. The standard InChI is InChI=1S/C18H16F2O3/c1-11-9-13-7-8-14(23-17(13)16(20)15(11)19)18(21)22-10-12-5-3-2-4-6-12/h2-6,9,14H,7-8,10H2,1H3. The molecule has 0 saturated carbocycles. The lowest BCUT2D eigenvalue weighted by Gasteiger charge is -2.25. The molecule has 0 aliphatic carbocycles. The highest BCUT2D eigenvalue weighted by molar-refractivity contribution is 5.75. The molecule has 0 spiro atoms. The van der Waals surface area contributed by atoms with E-state index >= 15 is 0 Å². The van der Waals surface area contributed by atoms with Gasteiger partial charge in [0.2, 0.25) is 5.82 Å². The van der Waals surface area contributed by atoms with Gasteiger partial charge >= 0.3 is 5.97 Å². The van der Waals surface area contributed by atoms with Crippen LogP contribution in [0.1, 0.15) is 23.1 Å². The summed E-state index contributed by atoms with van der Waals surface area (Å²) < 4.78 is 38.2. The molecule has 3 rings (SSSR count). The van der Waals surface area contributed by atoms with E-state index < -0.39 is 23.7 Å².